The molecule has 1 fully saturated rings. The van der Waals surface area contributed by atoms with Crippen molar-refractivity contribution in [2.75, 3.05) is 0 Å². The normalized spacial score (nSPS) is 16.8. The zero-order chi connectivity index (χ0) is 17.8. The maximum atomic E-state index is 6.67. The minimum absolute atomic E-state index is 0.112. The van der Waals surface area contributed by atoms with Gasteiger partial charge in [0.15, 0.2) is 0 Å². The van der Waals surface area contributed by atoms with Gasteiger partial charge >= 0.3 is 0 Å². The van der Waals surface area contributed by atoms with Crippen molar-refractivity contribution in [1.82, 2.24) is 0 Å². The second-order valence-corrected chi connectivity index (χ2v) is 8.45. The molecule has 1 aliphatic rings. The highest BCUT2D eigenvalue weighted by molar-refractivity contribution is 7.76. The van der Waals surface area contributed by atoms with E-state index in [4.69, 9.17) is 5.73 Å². The molecule has 0 spiro atoms. The van der Waals surface area contributed by atoms with Crippen LogP contribution in [0.3, 0.4) is 0 Å². The standard InChI is InChI=1S/C24H21NP/c25-24(19-11-4-1-5-12-19)22-17-10-18-23(22)26(20-13-6-2-7-14-20)21-15-8-3-9-16-21/h1-18,24H,25H2. The lowest BCUT2D eigenvalue weighted by Gasteiger charge is -2.32. The Labute approximate surface area is 158 Å². The van der Waals surface area contributed by atoms with Crippen molar-refractivity contribution in [1.29, 1.82) is 0 Å². The summed E-state index contributed by atoms with van der Waals surface area (Å²) in [5.41, 5.74) is 9.16. The Bertz CT molecular complexity index is 764. The summed E-state index contributed by atoms with van der Waals surface area (Å²) in [6.07, 6.45) is 6.55. The second kappa shape index (κ2) is 8.16. The Balaban J connectivity index is 1.71. The van der Waals surface area contributed by atoms with Crippen molar-refractivity contribution in [2.24, 2.45) is 5.73 Å². The number of nitrogens with two attached hydrogens (primary N) is 1. The van der Waals surface area contributed by atoms with Gasteiger partial charge in [-0.25, -0.2) is 0 Å². The number of rotatable bonds is 5. The summed E-state index contributed by atoms with van der Waals surface area (Å²) in [5, 5.41) is 2.70. The Morgan fingerprint density at radius 1 is 0.615 bits per heavy atom. The minimum atomic E-state index is -0.633. The number of benzene rings is 3. The highest BCUT2D eigenvalue weighted by atomic mass is 31.1. The van der Waals surface area contributed by atoms with Crippen LogP contribution in [0.5, 0.6) is 0 Å². The smallest absolute Gasteiger partial charge is 0.0371 e. The molecule has 5 radical (unpaired) electrons. The van der Waals surface area contributed by atoms with E-state index in [2.05, 4.69) is 104 Å². The van der Waals surface area contributed by atoms with Crippen LogP contribution in [-0.2, 0) is 0 Å². The van der Waals surface area contributed by atoms with Crippen LogP contribution in [0.2, 0.25) is 0 Å². The van der Waals surface area contributed by atoms with Crippen LogP contribution < -0.4 is 16.3 Å². The summed E-state index contributed by atoms with van der Waals surface area (Å²) >= 11 is 0. The molecular formula is C24H21NP. The zero-order valence-corrected chi connectivity index (χ0v) is 15.4. The van der Waals surface area contributed by atoms with Crippen LogP contribution in [0.15, 0.2) is 91.0 Å². The van der Waals surface area contributed by atoms with Crippen LogP contribution >= 0.6 is 7.92 Å². The highest BCUT2D eigenvalue weighted by Gasteiger charge is 2.40. The van der Waals surface area contributed by atoms with Gasteiger partial charge in [0.1, 0.15) is 0 Å². The van der Waals surface area contributed by atoms with E-state index in [0.29, 0.717) is 0 Å². The van der Waals surface area contributed by atoms with E-state index in [-0.39, 0.29) is 6.04 Å². The average molecular weight is 354 g/mol. The molecule has 0 heterocycles. The lowest BCUT2D eigenvalue weighted by Crippen LogP contribution is -2.26. The fraction of sp³-hybridized carbons (Fsp3) is 0.0417. The van der Waals surface area contributed by atoms with E-state index in [1.165, 1.54) is 22.2 Å². The largest absolute Gasteiger partial charge is 0.323 e. The summed E-state index contributed by atoms with van der Waals surface area (Å²) < 4.78 is 0. The van der Waals surface area contributed by atoms with Crippen molar-refractivity contribution in [3.8, 4) is 0 Å². The third-order valence-electron chi connectivity index (χ3n) is 4.59. The molecule has 3 aromatic carbocycles. The molecule has 4 rings (SSSR count). The first-order valence-corrected chi connectivity index (χ1v) is 10.1. The molecule has 2 heteroatoms. The summed E-state index contributed by atoms with van der Waals surface area (Å²) in [5.74, 6) is 1.22. The van der Waals surface area contributed by atoms with Crippen molar-refractivity contribution >= 4 is 18.5 Å². The van der Waals surface area contributed by atoms with E-state index >= 15 is 0 Å². The Kier molecular flexibility index (Phi) is 5.48. The molecule has 1 saturated carbocycles. The fourth-order valence-electron chi connectivity index (χ4n) is 3.31. The third kappa shape index (κ3) is 3.61. The molecule has 0 aromatic heterocycles. The summed E-state index contributed by atoms with van der Waals surface area (Å²) in [7, 11) is -0.633. The Hall–Kier alpha value is -1.95. The highest BCUT2D eigenvalue weighted by Crippen LogP contribution is 2.58. The molecule has 3 aromatic rings. The van der Waals surface area contributed by atoms with Gasteiger partial charge in [0.25, 0.3) is 0 Å². The SMILES string of the molecule is NC([C]1[CH][CH][CH][C]1P(c1ccccc1)c1ccccc1)c1ccccc1. The summed E-state index contributed by atoms with van der Waals surface area (Å²) in [6, 6.07) is 31.8. The minimum Gasteiger partial charge on any atom is -0.323 e. The first-order valence-electron chi connectivity index (χ1n) is 8.81. The Morgan fingerprint density at radius 3 is 1.65 bits per heavy atom. The van der Waals surface area contributed by atoms with Gasteiger partial charge in [-0.3, -0.25) is 0 Å². The molecule has 26 heavy (non-hydrogen) atoms. The molecule has 1 unspecified atom stereocenters. The van der Waals surface area contributed by atoms with Gasteiger partial charge in [0, 0.05) is 17.6 Å². The number of hydrogen-bond acceptors (Lipinski definition) is 1. The van der Waals surface area contributed by atoms with Gasteiger partial charge in [-0.15, -0.1) is 0 Å². The maximum Gasteiger partial charge on any atom is 0.0371 e. The predicted octanol–water partition coefficient (Wildman–Crippen LogP) is 4.55. The lowest BCUT2D eigenvalue weighted by molar-refractivity contribution is 0.778. The van der Waals surface area contributed by atoms with Gasteiger partial charge < -0.3 is 5.73 Å². The molecule has 1 aliphatic carbocycles. The van der Waals surface area contributed by atoms with Gasteiger partial charge in [-0.05, 0) is 43.4 Å². The molecule has 0 aliphatic heterocycles. The van der Waals surface area contributed by atoms with E-state index in [0.717, 1.165) is 5.56 Å². The molecular weight excluding hydrogens is 333 g/mol. The van der Waals surface area contributed by atoms with Gasteiger partial charge in [0.2, 0.25) is 0 Å². The van der Waals surface area contributed by atoms with Crippen LogP contribution in [0.25, 0.3) is 0 Å². The Morgan fingerprint density at radius 2 is 1.12 bits per heavy atom. The summed E-state index contributed by atoms with van der Waals surface area (Å²) in [4.78, 5) is 0. The quantitative estimate of drug-likeness (QED) is 0.668. The molecule has 0 bridgehead atoms. The molecule has 0 saturated heterocycles. The van der Waals surface area contributed by atoms with E-state index in [9.17, 15) is 0 Å². The second-order valence-electron chi connectivity index (χ2n) is 6.26. The monoisotopic (exact) mass is 354 g/mol. The van der Waals surface area contributed by atoms with Crippen LogP contribution in [0.1, 0.15) is 11.6 Å². The van der Waals surface area contributed by atoms with Gasteiger partial charge in [-0.1, -0.05) is 91.0 Å². The fourth-order valence-corrected chi connectivity index (χ4v) is 5.81. The number of hydrogen-bond donors (Lipinski definition) is 1. The van der Waals surface area contributed by atoms with E-state index < -0.39 is 7.92 Å². The van der Waals surface area contributed by atoms with Crippen LogP contribution in [0, 0.1) is 30.8 Å². The molecule has 1 atom stereocenters. The lowest BCUT2D eigenvalue weighted by atomic mass is 9.92. The van der Waals surface area contributed by atoms with E-state index in [1.54, 1.807) is 0 Å². The predicted molar refractivity (Wildman–Crippen MR) is 112 cm³/mol. The molecule has 127 valence electrons. The zero-order valence-electron chi connectivity index (χ0n) is 14.5. The van der Waals surface area contributed by atoms with Crippen molar-refractivity contribution in [2.45, 2.75) is 6.04 Å². The van der Waals surface area contributed by atoms with Crippen molar-refractivity contribution in [3.63, 3.8) is 0 Å². The van der Waals surface area contributed by atoms with Crippen molar-refractivity contribution in [3.05, 3.63) is 127 Å². The van der Waals surface area contributed by atoms with Crippen molar-refractivity contribution < 1.29 is 0 Å². The first kappa shape index (κ1) is 17.5. The first-order chi connectivity index (χ1) is 12.8. The van der Waals surface area contributed by atoms with Crippen LogP contribution in [0.4, 0.5) is 0 Å². The topological polar surface area (TPSA) is 26.0 Å². The average Bonchev–Trinajstić information content (AvgIpc) is 3.19. The van der Waals surface area contributed by atoms with Gasteiger partial charge in [-0.2, -0.15) is 0 Å². The molecule has 2 N–H and O–H groups in total. The van der Waals surface area contributed by atoms with Gasteiger partial charge in [0.05, 0.1) is 0 Å². The molecule has 0 amide bonds. The third-order valence-corrected chi connectivity index (χ3v) is 7.11. The molecule has 1 nitrogen and oxygen atoms in total. The van der Waals surface area contributed by atoms with E-state index in [1.807, 2.05) is 6.07 Å². The van der Waals surface area contributed by atoms with Crippen LogP contribution in [-0.4, -0.2) is 0 Å². The summed E-state index contributed by atoms with van der Waals surface area (Å²) in [6.45, 7) is 0. The maximum absolute atomic E-state index is 6.67.